The van der Waals surface area contributed by atoms with E-state index in [1.807, 2.05) is 0 Å². The van der Waals surface area contributed by atoms with Crippen LogP contribution in [0.3, 0.4) is 0 Å². The van der Waals surface area contributed by atoms with Crippen LogP contribution in [0, 0.1) is 11.3 Å². The third kappa shape index (κ3) is 495. The van der Waals surface area contributed by atoms with Crippen LogP contribution in [-0.2, 0) is 0 Å². The number of nitrogens with zero attached hydrogens (tertiary/aromatic N) is 1. The zero-order chi connectivity index (χ0) is 6.99. The van der Waals surface area contributed by atoms with Gasteiger partial charge in [-0.05, 0) is 0 Å². The minimum absolute atomic E-state index is 0.194. The lowest BCUT2D eigenvalue weighted by atomic mass is 10.8. The number of nitrogens with two attached hydrogens (primary N) is 1. The molecule has 0 bridgehead atoms. The summed E-state index contributed by atoms with van der Waals surface area (Å²) < 4.78 is 0.194. The standard InChI is InChI=1S/C3H3N.CH3NS2/c1-2-3-4;2-1(3)4/h2H,1H2;(H3,2,3,4). The molecule has 0 saturated carbocycles. The number of allylic oxidation sites excluding steroid dienone is 1. The fourth-order valence-corrected chi connectivity index (χ4v) is 0. The van der Waals surface area contributed by atoms with Gasteiger partial charge in [0.25, 0.3) is 0 Å². The van der Waals surface area contributed by atoms with Crippen molar-refractivity contribution in [2.75, 3.05) is 0 Å². The second-order valence-corrected chi connectivity index (χ2v) is 1.90. The number of nitriles is 1. The lowest BCUT2D eigenvalue weighted by Gasteiger charge is -1.64. The topological polar surface area (TPSA) is 49.8 Å². The summed E-state index contributed by atoms with van der Waals surface area (Å²) in [6.45, 7) is 3.12. The Morgan fingerprint density at radius 2 is 2.12 bits per heavy atom. The summed E-state index contributed by atoms with van der Waals surface area (Å²) in [7, 11) is 0. The second kappa shape index (κ2) is 9.69. The Morgan fingerprint density at radius 1 is 2.00 bits per heavy atom. The van der Waals surface area contributed by atoms with Gasteiger partial charge in [0.05, 0.1) is 6.07 Å². The first-order valence-electron chi connectivity index (χ1n) is 1.64. The minimum atomic E-state index is 0.194. The molecule has 0 rings (SSSR count). The summed E-state index contributed by atoms with van der Waals surface area (Å²) in [5.74, 6) is 0. The Balaban J connectivity index is 0. The summed E-state index contributed by atoms with van der Waals surface area (Å²) in [6.07, 6.45) is 1.18. The monoisotopic (exact) mass is 146 g/mol. The Bertz CT molecular complexity index is 110. The van der Waals surface area contributed by atoms with Crippen molar-refractivity contribution in [3.8, 4) is 6.07 Å². The molecule has 0 aromatic carbocycles. The number of thiocarbonyl (C=S) groups is 1. The third-order valence-electron chi connectivity index (χ3n) is 0.0913. The Morgan fingerprint density at radius 3 is 2.12 bits per heavy atom. The molecular weight excluding hydrogens is 140 g/mol. The normalized spacial score (nSPS) is 5.00. The van der Waals surface area contributed by atoms with Crippen LogP contribution in [0.1, 0.15) is 0 Å². The molecule has 0 radical (unpaired) electrons. The van der Waals surface area contributed by atoms with Crippen LogP contribution in [-0.4, -0.2) is 4.32 Å². The first kappa shape index (κ1) is 10.5. The highest BCUT2D eigenvalue weighted by Crippen LogP contribution is 1.63. The molecule has 0 heterocycles. The average Bonchev–Trinajstić information content (AvgIpc) is 1.65. The van der Waals surface area contributed by atoms with Gasteiger partial charge in [0.2, 0.25) is 0 Å². The smallest absolute Gasteiger partial charge is 0.128 e. The highest BCUT2D eigenvalue weighted by Gasteiger charge is 1.55. The van der Waals surface area contributed by atoms with E-state index in [2.05, 4.69) is 31.4 Å². The van der Waals surface area contributed by atoms with Crippen molar-refractivity contribution in [1.82, 2.24) is 0 Å². The van der Waals surface area contributed by atoms with Crippen LogP contribution in [0.25, 0.3) is 0 Å². The van der Waals surface area contributed by atoms with Gasteiger partial charge in [0, 0.05) is 6.08 Å². The Labute approximate surface area is 59.4 Å². The summed E-state index contributed by atoms with van der Waals surface area (Å²) in [5, 5.41) is 7.51. The van der Waals surface area contributed by atoms with Gasteiger partial charge in [0.1, 0.15) is 4.32 Å². The first-order chi connectivity index (χ1) is 3.65. The van der Waals surface area contributed by atoms with E-state index >= 15 is 0 Å². The Kier molecular flexibility index (Phi) is 12.7. The highest BCUT2D eigenvalue weighted by atomic mass is 32.1. The molecular formula is C4H6N2S2. The molecule has 0 unspecified atom stereocenters. The molecule has 0 aliphatic rings. The van der Waals surface area contributed by atoms with Gasteiger partial charge >= 0.3 is 0 Å². The van der Waals surface area contributed by atoms with E-state index < -0.39 is 0 Å². The maximum Gasteiger partial charge on any atom is 0.128 e. The van der Waals surface area contributed by atoms with E-state index in [0.29, 0.717) is 0 Å². The van der Waals surface area contributed by atoms with Crippen LogP contribution >= 0.6 is 24.8 Å². The lowest BCUT2D eigenvalue weighted by Crippen LogP contribution is -1.94. The fourth-order valence-electron chi connectivity index (χ4n) is 0. The largest absolute Gasteiger partial charge is 0.385 e. The van der Waals surface area contributed by atoms with Crippen molar-refractivity contribution in [1.29, 1.82) is 5.26 Å². The zero-order valence-electron chi connectivity index (χ0n) is 4.16. The van der Waals surface area contributed by atoms with Crippen LogP contribution < -0.4 is 5.73 Å². The van der Waals surface area contributed by atoms with E-state index in [-0.39, 0.29) is 4.32 Å². The number of thiol groups is 1. The van der Waals surface area contributed by atoms with E-state index in [1.54, 1.807) is 6.07 Å². The first-order valence-corrected chi connectivity index (χ1v) is 2.49. The number of rotatable bonds is 0. The summed E-state index contributed by atoms with van der Waals surface area (Å²) in [5.41, 5.74) is 4.71. The van der Waals surface area contributed by atoms with Crippen molar-refractivity contribution in [2.24, 2.45) is 5.73 Å². The van der Waals surface area contributed by atoms with E-state index in [9.17, 15) is 0 Å². The molecule has 0 fully saturated rings. The molecule has 0 aromatic heterocycles. The molecule has 0 aromatic rings. The molecule has 0 spiro atoms. The van der Waals surface area contributed by atoms with Crippen LogP contribution in [0.4, 0.5) is 0 Å². The van der Waals surface area contributed by atoms with E-state index in [4.69, 9.17) is 11.0 Å². The van der Waals surface area contributed by atoms with E-state index in [0.717, 1.165) is 0 Å². The lowest BCUT2D eigenvalue weighted by molar-refractivity contribution is 1.54. The van der Waals surface area contributed by atoms with Gasteiger partial charge < -0.3 is 5.73 Å². The van der Waals surface area contributed by atoms with Crippen molar-refractivity contribution in [3.63, 3.8) is 0 Å². The van der Waals surface area contributed by atoms with Gasteiger partial charge in [-0.3, -0.25) is 0 Å². The molecule has 44 valence electrons. The van der Waals surface area contributed by atoms with Gasteiger partial charge in [-0.2, -0.15) is 5.26 Å². The van der Waals surface area contributed by atoms with Crippen LogP contribution in [0.15, 0.2) is 12.7 Å². The molecule has 2 nitrogen and oxygen atoms in total. The van der Waals surface area contributed by atoms with Crippen LogP contribution in [0.2, 0.25) is 0 Å². The van der Waals surface area contributed by atoms with Crippen molar-refractivity contribution < 1.29 is 0 Å². The van der Waals surface area contributed by atoms with Crippen molar-refractivity contribution in [3.05, 3.63) is 12.7 Å². The third-order valence-corrected chi connectivity index (χ3v) is 0.0913. The molecule has 4 heteroatoms. The number of hydrogen-bond acceptors (Lipinski definition) is 2. The Hall–Kier alpha value is -0.530. The molecule has 8 heavy (non-hydrogen) atoms. The summed E-state index contributed by atoms with van der Waals surface area (Å²) in [6, 6.07) is 1.69. The average molecular weight is 146 g/mol. The van der Waals surface area contributed by atoms with Gasteiger partial charge in [0.15, 0.2) is 0 Å². The van der Waals surface area contributed by atoms with Crippen molar-refractivity contribution in [2.45, 2.75) is 0 Å². The molecule has 0 saturated heterocycles. The molecule has 0 aliphatic carbocycles. The van der Waals surface area contributed by atoms with Gasteiger partial charge in [-0.15, -0.1) is 12.6 Å². The highest BCUT2D eigenvalue weighted by molar-refractivity contribution is 8.10. The van der Waals surface area contributed by atoms with Crippen LogP contribution in [0.5, 0.6) is 0 Å². The molecule has 0 amide bonds. The van der Waals surface area contributed by atoms with Crippen molar-refractivity contribution >= 4 is 29.2 Å². The summed E-state index contributed by atoms with van der Waals surface area (Å²) in [4.78, 5) is 0. The maximum atomic E-state index is 7.51. The molecule has 0 atom stereocenters. The molecule has 0 aliphatic heterocycles. The maximum absolute atomic E-state index is 7.51. The van der Waals surface area contributed by atoms with Gasteiger partial charge in [-0.1, -0.05) is 18.8 Å². The molecule has 2 N–H and O–H groups in total. The SMILES string of the molecule is C=CC#N.NC(=S)S. The number of hydrogen-bond donors (Lipinski definition) is 2. The summed E-state index contributed by atoms with van der Waals surface area (Å²) >= 11 is 7.65. The fraction of sp³-hybridized carbons (Fsp3) is 0. The quantitative estimate of drug-likeness (QED) is 0.303. The predicted molar refractivity (Wildman–Crippen MR) is 41.6 cm³/mol. The second-order valence-electron chi connectivity index (χ2n) is 0.671. The van der Waals surface area contributed by atoms with Gasteiger partial charge in [-0.25, -0.2) is 0 Å². The predicted octanol–water partition coefficient (Wildman–Crippen LogP) is 0.856. The minimum Gasteiger partial charge on any atom is -0.385 e. The van der Waals surface area contributed by atoms with E-state index in [1.165, 1.54) is 6.08 Å². The zero-order valence-corrected chi connectivity index (χ0v) is 5.88.